The van der Waals surface area contributed by atoms with Gasteiger partial charge in [-0.15, -0.1) is 0 Å². The van der Waals surface area contributed by atoms with Gasteiger partial charge >= 0.3 is 5.97 Å². The number of nitrogens with zero attached hydrogens (tertiary/aromatic N) is 3. The number of rotatable bonds is 11. The number of carboxylic acid groups (broad SMARTS) is 1. The summed E-state index contributed by atoms with van der Waals surface area (Å²) < 4.78 is 12.5. The molecule has 0 aliphatic rings. The number of carbonyl (C=O) groups excluding carboxylic acids is 1. The first-order chi connectivity index (χ1) is 18.8. The van der Waals surface area contributed by atoms with Crippen molar-refractivity contribution in [3.05, 3.63) is 106 Å². The van der Waals surface area contributed by atoms with E-state index in [-0.39, 0.29) is 11.5 Å². The topological polar surface area (TPSA) is 93.9 Å². The van der Waals surface area contributed by atoms with Gasteiger partial charge in [0.15, 0.2) is 0 Å². The number of carbonyl (C=O) groups is 2. The van der Waals surface area contributed by atoms with Crippen molar-refractivity contribution in [2.45, 2.75) is 33.2 Å². The van der Waals surface area contributed by atoms with E-state index in [9.17, 15) is 14.7 Å². The van der Waals surface area contributed by atoms with Gasteiger partial charge in [-0.2, -0.15) is 5.10 Å². The van der Waals surface area contributed by atoms with Gasteiger partial charge in [-0.05, 0) is 62.6 Å². The van der Waals surface area contributed by atoms with Gasteiger partial charge in [0.2, 0.25) is 0 Å². The van der Waals surface area contributed by atoms with Gasteiger partial charge < -0.3 is 19.5 Å². The number of methoxy groups -OCH3 is 2. The fraction of sp³-hybridized carbons (Fsp3) is 0.258. The molecule has 0 aliphatic heterocycles. The summed E-state index contributed by atoms with van der Waals surface area (Å²) in [4.78, 5) is 27.6. The van der Waals surface area contributed by atoms with E-state index in [4.69, 9.17) is 9.47 Å². The van der Waals surface area contributed by atoms with Crippen LogP contribution in [0.2, 0.25) is 0 Å². The van der Waals surface area contributed by atoms with E-state index in [2.05, 4.69) is 17.2 Å². The molecule has 0 bridgehead atoms. The molecule has 8 nitrogen and oxygen atoms in total. The number of amides is 1. The Labute approximate surface area is 228 Å². The predicted molar refractivity (Wildman–Crippen MR) is 149 cm³/mol. The molecule has 1 N–H and O–H groups in total. The molecule has 0 unspecified atom stereocenters. The van der Waals surface area contributed by atoms with Crippen LogP contribution < -0.4 is 9.47 Å². The number of benzene rings is 3. The molecule has 0 radical (unpaired) electrons. The summed E-state index contributed by atoms with van der Waals surface area (Å²) in [6.07, 6.45) is 1.58. The highest BCUT2D eigenvalue weighted by Crippen LogP contribution is 2.28. The lowest BCUT2D eigenvalue weighted by atomic mass is 10.1. The smallest absolute Gasteiger partial charge is 0.337 e. The molecule has 1 amide bonds. The minimum absolute atomic E-state index is 0.159. The van der Waals surface area contributed by atoms with Crippen molar-refractivity contribution >= 4 is 11.9 Å². The molecular formula is C31H33N3O5. The molecule has 0 fully saturated rings. The fourth-order valence-corrected chi connectivity index (χ4v) is 4.69. The number of aromatic nitrogens is 2. The molecule has 4 rings (SSSR count). The average molecular weight is 528 g/mol. The van der Waals surface area contributed by atoms with Crippen LogP contribution in [0.4, 0.5) is 0 Å². The van der Waals surface area contributed by atoms with Gasteiger partial charge in [-0.3, -0.25) is 4.79 Å². The third kappa shape index (κ3) is 6.12. The third-order valence-electron chi connectivity index (χ3n) is 6.81. The predicted octanol–water partition coefficient (Wildman–Crippen LogP) is 5.48. The number of carboxylic acids is 1. The monoisotopic (exact) mass is 527 g/mol. The van der Waals surface area contributed by atoms with Gasteiger partial charge in [0.05, 0.1) is 36.7 Å². The summed E-state index contributed by atoms with van der Waals surface area (Å²) >= 11 is 0. The van der Waals surface area contributed by atoms with Crippen molar-refractivity contribution in [1.29, 1.82) is 0 Å². The maximum Gasteiger partial charge on any atom is 0.337 e. The van der Waals surface area contributed by atoms with Crippen LogP contribution in [0.25, 0.3) is 5.69 Å². The Morgan fingerprint density at radius 1 is 0.923 bits per heavy atom. The number of ether oxygens (including phenoxy) is 2. The first kappa shape index (κ1) is 27.4. The minimum Gasteiger partial charge on any atom is -0.497 e. The molecule has 0 saturated carbocycles. The first-order valence-corrected chi connectivity index (χ1v) is 12.8. The molecule has 0 spiro atoms. The van der Waals surface area contributed by atoms with Crippen LogP contribution in [0.15, 0.2) is 72.8 Å². The molecule has 3 aromatic carbocycles. The van der Waals surface area contributed by atoms with E-state index in [1.807, 2.05) is 32.0 Å². The zero-order chi connectivity index (χ0) is 27.9. The van der Waals surface area contributed by atoms with Crippen molar-refractivity contribution in [3.63, 3.8) is 0 Å². The molecule has 0 aliphatic carbocycles. The maximum absolute atomic E-state index is 14.0. The fourth-order valence-electron chi connectivity index (χ4n) is 4.69. The molecule has 1 aromatic heterocycles. The summed E-state index contributed by atoms with van der Waals surface area (Å²) in [5.74, 6) is -0.180. The molecule has 1 heterocycles. The summed E-state index contributed by atoms with van der Waals surface area (Å²) in [5.41, 5.74) is 4.63. The molecular weight excluding hydrogens is 494 g/mol. The third-order valence-corrected chi connectivity index (χ3v) is 6.81. The van der Waals surface area contributed by atoms with Crippen molar-refractivity contribution in [2.75, 3.05) is 20.8 Å². The second-order valence-electron chi connectivity index (χ2n) is 9.27. The zero-order valence-corrected chi connectivity index (χ0v) is 22.7. The van der Waals surface area contributed by atoms with E-state index in [1.165, 1.54) is 12.7 Å². The molecule has 4 aromatic rings. The van der Waals surface area contributed by atoms with Gasteiger partial charge in [-0.25, -0.2) is 9.48 Å². The van der Waals surface area contributed by atoms with Crippen LogP contribution in [-0.4, -0.2) is 52.4 Å². The highest BCUT2D eigenvalue weighted by molar-refractivity contribution is 5.97. The Hall–Kier alpha value is -4.59. The van der Waals surface area contributed by atoms with Gasteiger partial charge in [0, 0.05) is 24.3 Å². The van der Waals surface area contributed by atoms with Crippen molar-refractivity contribution < 1.29 is 24.2 Å². The summed E-state index contributed by atoms with van der Waals surface area (Å²) in [6, 6.07) is 22.1. The largest absolute Gasteiger partial charge is 0.497 e. The SMILES string of the molecule is COc1ccc(OC)c(C(=O)N(CCCc2ccccc2)Cc2c(C)nn(-c3ccccc3C(=O)O)c2C)c1. The number of para-hydroxylation sites is 1. The Morgan fingerprint density at radius 2 is 1.64 bits per heavy atom. The summed E-state index contributed by atoms with van der Waals surface area (Å²) in [7, 11) is 3.10. The lowest BCUT2D eigenvalue weighted by Gasteiger charge is -2.24. The van der Waals surface area contributed by atoms with Crippen LogP contribution >= 0.6 is 0 Å². The maximum atomic E-state index is 14.0. The van der Waals surface area contributed by atoms with Crippen LogP contribution in [0.3, 0.4) is 0 Å². The average Bonchev–Trinajstić information content (AvgIpc) is 3.24. The van der Waals surface area contributed by atoms with Gasteiger partial charge in [0.25, 0.3) is 5.91 Å². The van der Waals surface area contributed by atoms with Gasteiger partial charge in [0.1, 0.15) is 11.5 Å². The van der Waals surface area contributed by atoms with Crippen molar-refractivity contribution in [2.24, 2.45) is 0 Å². The van der Waals surface area contributed by atoms with E-state index in [0.717, 1.165) is 29.8 Å². The van der Waals surface area contributed by atoms with Crippen LogP contribution in [0.1, 0.15) is 49.7 Å². The van der Waals surface area contributed by atoms with Crippen LogP contribution in [0, 0.1) is 13.8 Å². The highest BCUT2D eigenvalue weighted by Gasteiger charge is 2.24. The molecule has 39 heavy (non-hydrogen) atoms. The Morgan fingerprint density at radius 3 is 2.33 bits per heavy atom. The molecule has 0 atom stereocenters. The quantitative estimate of drug-likeness (QED) is 0.278. The number of aromatic carboxylic acids is 1. The standard InChI is InChI=1S/C31H33N3O5/c1-21-27(22(2)34(32-21)28-15-9-8-14-25(28)31(36)37)20-33(18-10-13-23-11-6-5-7-12-23)30(35)26-19-24(38-3)16-17-29(26)39-4/h5-9,11-12,14-17,19H,10,13,18,20H2,1-4H3,(H,36,37). The minimum atomic E-state index is -1.03. The molecule has 202 valence electrons. The summed E-state index contributed by atoms with van der Waals surface area (Å²) in [6.45, 7) is 4.58. The van der Waals surface area contributed by atoms with Crippen molar-refractivity contribution in [1.82, 2.24) is 14.7 Å². The Kier molecular flexibility index (Phi) is 8.66. The Balaban J connectivity index is 1.69. The van der Waals surface area contributed by atoms with E-state index in [1.54, 1.807) is 59.2 Å². The molecule has 8 heteroatoms. The number of hydrogen-bond donors (Lipinski definition) is 1. The zero-order valence-electron chi connectivity index (χ0n) is 22.7. The van der Waals surface area contributed by atoms with Crippen molar-refractivity contribution in [3.8, 4) is 17.2 Å². The van der Waals surface area contributed by atoms with Crippen LogP contribution in [0.5, 0.6) is 11.5 Å². The normalized spacial score (nSPS) is 10.8. The molecule has 0 saturated heterocycles. The first-order valence-electron chi connectivity index (χ1n) is 12.8. The van der Waals surface area contributed by atoms with Gasteiger partial charge in [-0.1, -0.05) is 42.5 Å². The van der Waals surface area contributed by atoms with E-state index in [0.29, 0.717) is 35.8 Å². The second-order valence-corrected chi connectivity index (χ2v) is 9.27. The Bertz CT molecular complexity index is 1460. The second kappa shape index (κ2) is 12.3. The highest BCUT2D eigenvalue weighted by atomic mass is 16.5. The lowest BCUT2D eigenvalue weighted by molar-refractivity contribution is 0.0695. The lowest BCUT2D eigenvalue weighted by Crippen LogP contribution is -2.32. The van der Waals surface area contributed by atoms with E-state index < -0.39 is 5.97 Å². The van der Waals surface area contributed by atoms with E-state index >= 15 is 0 Å². The summed E-state index contributed by atoms with van der Waals surface area (Å²) in [5, 5.41) is 14.4. The number of hydrogen-bond acceptors (Lipinski definition) is 5. The number of aryl methyl sites for hydroxylation is 2. The van der Waals surface area contributed by atoms with Crippen LogP contribution in [-0.2, 0) is 13.0 Å².